The lowest BCUT2D eigenvalue weighted by Gasteiger charge is -2.58. The number of carbonyl (C=O) groups is 1. The Balaban J connectivity index is 1.36. The van der Waals surface area contributed by atoms with Gasteiger partial charge < -0.3 is 0 Å². The Morgan fingerprint density at radius 2 is 1.77 bits per heavy atom. The molecule has 0 radical (unpaired) electrons. The third-order valence-corrected chi connectivity index (χ3v) is 13.3. The van der Waals surface area contributed by atoms with Crippen LogP contribution in [-0.2, 0) is 4.79 Å². The summed E-state index contributed by atoms with van der Waals surface area (Å²) in [5, 5.41) is 0.279. The van der Waals surface area contributed by atoms with Crippen LogP contribution in [0.4, 0.5) is 0 Å². The van der Waals surface area contributed by atoms with Crippen molar-refractivity contribution in [1.29, 1.82) is 0 Å². The molecule has 8 atom stereocenters. The van der Waals surface area contributed by atoms with Gasteiger partial charge in [0.05, 0.1) is 0 Å². The lowest BCUT2D eigenvalue weighted by Crippen LogP contribution is -2.50. The Morgan fingerprint density at radius 1 is 1.03 bits per heavy atom. The van der Waals surface area contributed by atoms with Gasteiger partial charge >= 0.3 is 0 Å². The van der Waals surface area contributed by atoms with Crippen LogP contribution in [-0.4, -0.2) is 15.7 Å². The molecule has 0 N–H and O–H groups in total. The first-order chi connectivity index (χ1) is 16.7. The second kappa shape index (κ2) is 11.8. The summed E-state index contributed by atoms with van der Waals surface area (Å²) in [6, 6.07) is 0. The van der Waals surface area contributed by atoms with Crippen LogP contribution in [0, 0.1) is 40.4 Å². The monoisotopic (exact) mass is 520 g/mol. The summed E-state index contributed by atoms with van der Waals surface area (Å²) >= 11 is 7.95. The average molecular weight is 521 g/mol. The van der Waals surface area contributed by atoms with Crippen molar-refractivity contribution in [2.75, 3.05) is 0 Å². The summed E-state index contributed by atoms with van der Waals surface area (Å²) < 4.78 is 0. The van der Waals surface area contributed by atoms with Gasteiger partial charge in [0.2, 0.25) is 5.12 Å². The van der Waals surface area contributed by atoms with Gasteiger partial charge in [0.15, 0.2) is 0 Å². The molecule has 0 aromatic heterocycles. The van der Waals surface area contributed by atoms with Crippen LogP contribution in [0.1, 0.15) is 131 Å². The van der Waals surface area contributed by atoms with E-state index in [0.717, 1.165) is 30.1 Å². The van der Waals surface area contributed by atoms with Crippen LogP contribution >= 0.6 is 23.4 Å². The molecule has 3 fully saturated rings. The van der Waals surface area contributed by atoms with E-state index in [1.807, 2.05) is 0 Å². The van der Waals surface area contributed by atoms with Crippen LogP contribution in [0.5, 0.6) is 0 Å². The molecule has 0 aromatic carbocycles. The Bertz CT molecular complexity index is 761. The zero-order valence-electron chi connectivity index (χ0n) is 23.4. The lowest BCUT2D eigenvalue weighted by atomic mass is 9.47. The molecule has 3 saturated carbocycles. The van der Waals surface area contributed by atoms with Gasteiger partial charge in [-0.1, -0.05) is 96.6 Å². The molecule has 4 aliphatic rings. The first-order valence-electron chi connectivity index (χ1n) is 15.2. The van der Waals surface area contributed by atoms with Crippen molar-refractivity contribution < 1.29 is 4.79 Å². The molecule has 0 saturated heterocycles. The molecule has 0 aromatic rings. The van der Waals surface area contributed by atoms with Gasteiger partial charge in [-0.3, -0.25) is 4.79 Å². The fraction of sp³-hybridized carbons (Fsp3) is 0.906. The first kappa shape index (κ1) is 28.1. The smallest absolute Gasteiger partial charge is 0.207 e. The highest BCUT2D eigenvalue weighted by Gasteiger charge is 2.58. The van der Waals surface area contributed by atoms with Crippen molar-refractivity contribution in [1.82, 2.24) is 0 Å². The zero-order chi connectivity index (χ0) is 25.2. The number of fused-ring (bicyclic) bond motifs is 5. The molecule has 3 heteroatoms. The molecule has 4 rings (SSSR count). The second-order valence-corrected chi connectivity index (χ2v) is 15.4. The van der Waals surface area contributed by atoms with Gasteiger partial charge in [0.1, 0.15) is 5.38 Å². The number of allylic oxidation sites excluding steroid dienone is 2. The van der Waals surface area contributed by atoms with Crippen LogP contribution in [0.3, 0.4) is 0 Å². The topological polar surface area (TPSA) is 17.1 Å². The van der Waals surface area contributed by atoms with Gasteiger partial charge in [0, 0.05) is 5.25 Å². The van der Waals surface area contributed by atoms with Crippen LogP contribution in [0.15, 0.2) is 11.6 Å². The Kier molecular flexibility index (Phi) is 9.49. The Morgan fingerprint density at radius 3 is 2.51 bits per heavy atom. The maximum atomic E-state index is 12.7. The maximum absolute atomic E-state index is 12.7. The van der Waals surface area contributed by atoms with Gasteiger partial charge in [-0.05, 0) is 98.2 Å². The number of unbranched alkanes of at least 4 members (excludes halogenated alkanes) is 5. The third-order valence-electron chi connectivity index (χ3n) is 11.3. The number of thioether (sulfide) groups is 1. The van der Waals surface area contributed by atoms with Crippen molar-refractivity contribution in [3.05, 3.63) is 11.6 Å². The van der Waals surface area contributed by atoms with Crippen molar-refractivity contribution >= 4 is 28.5 Å². The molecule has 200 valence electrons. The van der Waals surface area contributed by atoms with Crippen molar-refractivity contribution in [3.63, 3.8) is 0 Å². The summed E-state index contributed by atoms with van der Waals surface area (Å²) in [6.07, 6.45) is 23.4. The van der Waals surface area contributed by atoms with Gasteiger partial charge in [-0.2, -0.15) is 0 Å². The molecule has 1 nitrogen and oxygen atoms in total. The van der Waals surface area contributed by atoms with E-state index in [9.17, 15) is 4.79 Å². The number of carbonyl (C=O) groups excluding carboxylic acids is 1. The Hall–Kier alpha value is 0.0500. The third kappa shape index (κ3) is 5.74. The molecular formula is C32H53ClOS. The summed E-state index contributed by atoms with van der Waals surface area (Å²) in [6.45, 7) is 11.7. The Labute approximate surface area is 226 Å². The van der Waals surface area contributed by atoms with E-state index in [0.29, 0.717) is 16.1 Å². The largest absolute Gasteiger partial charge is 0.286 e. The number of halogens is 1. The van der Waals surface area contributed by atoms with Crippen LogP contribution in [0.25, 0.3) is 0 Å². The molecule has 0 unspecified atom stereocenters. The molecule has 0 bridgehead atoms. The summed E-state index contributed by atoms with van der Waals surface area (Å²) in [7, 11) is 0. The molecule has 35 heavy (non-hydrogen) atoms. The fourth-order valence-electron chi connectivity index (χ4n) is 8.98. The predicted molar refractivity (Wildman–Crippen MR) is 154 cm³/mol. The minimum absolute atomic E-state index is 0.195. The standard InChI is InChI=1S/C32H53ClOS/c1-6-7-8-9-10-11-12-23-14-16-27-26-15-13-24-21-25(35-30(34)29(33)22(2)3)17-19-32(24,5)28(26)18-20-31(23,27)4/h13,22-23,25-29H,6-12,14-21H2,1-5H3/t23-,25+,26+,27-,28-,29-,31-,32+/m1/s1. The lowest BCUT2D eigenvalue weighted by molar-refractivity contribution is -0.111. The number of alkyl halides is 1. The van der Waals surface area contributed by atoms with E-state index in [4.69, 9.17) is 11.6 Å². The van der Waals surface area contributed by atoms with Crippen LogP contribution in [0.2, 0.25) is 0 Å². The number of hydrogen-bond acceptors (Lipinski definition) is 2. The van der Waals surface area contributed by atoms with E-state index in [1.54, 1.807) is 17.3 Å². The van der Waals surface area contributed by atoms with E-state index in [2.05, 4.69) is 40.7 Å². The fourth-order valence-corrected chi connectivity index (χ4v) is 10.4. The SMILES string of the molecule is CCCCCCCC[C@@H]1CC[C@@H]2[C@@H]3CC=C4C[C@@H](SC(=O)[C@H](Cl)C(C)C)CC[C@]4(C)[C@@H]3CC[C@]12C. The van der Waals surface area contributed by atoms with Gasteiger partial charge in [-0.25, -0.2) is 0 Å². The van der Waals surface area contributed by atoms with E-state index in [-0.39, 0.29) is 16.4 Å². The molecular weight excluding hydrogens is 468 g/mol. The van der Waals surface area contributed by atoms with E-state index >= 15 is 0 Å². The van der Waals surface area contributed by atoms with Crippen LogP contribution < -0.4 is 0 Å². The minimum Gasteiger partial charge on any atom is -0.286 e. The highest BCUT2D eigenvalue weighted by atomic mass is 35.5. The van der Waals surface area contributed by atoms with E-state index in [1.165, 1.54) is 89.9 Å². The molecule has 0 amide bonds. The zero-order valence-corrected chi connectivity index (χ0v) is 25.0. The molecule has 4 aliphatic carbocycles. The maximum Gasteiger partial charge on any atom is 0.207 e. The predicted octanol–water partition coefficient (Wildman–Crippen LogP) is 10.2. The first-order valence-corrected chi connectivity index (χ1v) is 16.6. The summed E-state index contributed by atoms with van der Waals surface area (Å²) in [5.74, 6) is 3.90. The van der Waals surface area contributed by atoms with Gasteiger partial charge in [-0.15, -0.1) is 11.6 Å². The summed E-state index contributed by atoms with van der Waals surface area (Å²) in [4.78, 5) is 12.7. The normalized spacial score (nSPS) is 39.5. The highest BCUT2D eigenvalue weighted by Crippen LogP contribution is 2.67. The van der Waals surface area contributed by atoms with Crippen molar-refractivity contribution in [2.24, 2.45) is 40.4 Å². The molecule has 0 aliphatic heterocycles. The van der Waals surface area contributed by atoms with Gasteiger partial charge in [0.25, 0.3) is 0 Å². The quantitative estimate of drug-likeness (QED) is 0.162. The molecule has 0 heterocycles. The summed E-state index contributed by atoms with van der Waals surface area (Å²) in [5.41, 5.74) is 2.66. The minimum atomic E-state index is -0.347. The second-order valence-electron chi connectivity index (χ2n) is 13.6. The molecule has 0 spiro atoms. The highest BCUT2D eigenvalue weighted by molar-refractivity contribution is 8.14. The number of hydrogen-bond donors (Lipinski definition) is 0. The van der Waals surface area contributed by atoms with Crippen molar-refractivity contribution in [2.45, 2.75) is 142 Å². The van der Waals surface area contributed by atoms with E-state index < -0.39 is 0 Å². The number of rotatable bonds is 10. The average Bonchev–Trinajstić information content (AvgIpc) is 3.17. The van der Waals surface area contributed by atoms with Crippen molar-refractivity contribution in [3.8, 4) is 0 Å².